The van der Waals surface area contributed by atoms with E-state index in [0.717, 1.165) is 13.1 Å². The molecule has 100 valence electrons. The first kappa shape index (κ1) is 15.9. The molecule has 0 heterocycles. The highest BCUT2D eigenvalue weighted by molar-refractivity contribution is 5.72. The average Bonchev–Trinajstić information content (AvgIpc) is 2.25. The van der Waals surface area contributed by atoms with E-state index in [0.29, 0.717) is 0 Å². The molecule has 0 saturated carbocycles. The van der Waals surface area contributed by atoms with Crippen molar-refractivity contribution >= 4 is 11.9 Å². The summed E-state index contributed by atoms with van der Waals surface area (Å²) < 4.78 is 0. The number of nitrogens with zero attached hydrogens (tertiary/aromatic N) is 1. The largest absolute Gasteiger partial charge is 0.481 e. The summed E-state index contributed by atoms with van der Waals surface area (Å²) >= 11 is 0. The van der Waals surface area contributed by atoms with Crippen LogP contribution < -0.4 is 5.73 Å². The van der Waals surface area contributed by atoms with Crippen molar-refractivity contribution < 1.29 is 19.8 Å². The summed E-state index contributed by atoms with van der Waals surface area (Å²) in [6.45, 7) is 5.42. The second kappa shape index (κ2) is 8.03. The standard InChI is InChI=1S/C11H22N2O4/c1-3-13(4-2)9(12)7-8(11(16)17)5-6-10(14)15/h8-9H,3-7,12H2,1-2H3,(H,14,15)(H,16,17). The van der Waals surface area contributed by atoms with Crippen LogP contribution in [-0.4, -0.2) is 46.3 Å². The zero-order valence-electron chi connectivity index (χ0n) is 10.4. The van der Waals surface area contributed by atoms with E-state index in [9.17, 15) is 9.59 Å². The molecule has 0 bridgehead atoms. The molecule has 17 heavy (non-hydrogen) atoms. The fourth-order valence-electron chi connectivity index (χ4n) is 1.77. The Labute approximate surface area is 101 Å². The lowest BCUT2D eigenvalue weighted by Gasteiger charge is -2.28. The van der Waals surface area contributed by atoms with Gasteiger partial charge in [-0.3, -0.25) is 14.5 Å². The van der Waals surface area contributed by atoms with Crippen LogP contribution in [0.5, 0.6) is 0 Å². The molecule has 0 fully saturated rings. The van der Waals surface area contributed by atoms with Crippen molar-refractivity contribution in [2.75, 3.05) is 13.1 Å². The first-order valence-electron chi connectivity index (χ1n) is 5.86. The maximum atomic E-state index is 11.0. The normalized spacial score (nSPS) is 14.6. The second-order valence-corrected chi connectivity index (χ2v) is 3.99. The molecule has 2 unspecified atom stereocenters. The number of hydrogen-bond acceptors (Lipinski definition) is 4. The van der Waals surface area contributed by atoms with Gasteiger partial charge in [-0.05, 0) is 25.9 Å². The molecule has 0 aliphatic rings. The van der Waals surface area contributed by atoms with E-state index in [1.807, 2.05) is 18.7 Å². The van der Waals surface area contributed by atoms with Gasteiger partial charge in [-0.1, -0.05) is 13.8 Å². The minimum atomic E-state index is -0.979. The van der Waals surface area contributed by atoms with Crippen LogP contribution in [0, 0.1) is 5.92 Å². The van der Waals surface area contributed by atoms with Crippen LogP contribution in [0.4, 0.5) is 0 Å². The van der Waals surface area contributed by atoms with E-state index >= 15 is 0 Å². The van der Waals surface area contributed by atoms with E-state index < -0.39 is 17.9 Å². The van der Waals surface area contributed by atoms with Gasteiger partial charge in [-0.2, -0.15) is 0 Å². The fraction of sp³-hybridized carbons (Fsp3) is 0.818. The van der Waals surface area contributed by atoms with Gasteiger partial charge in [0.2, 0.25) is 0 Å². The minimum Gasteiger partial charge on any atom is -0.481 e. The van der Waals surface area contributed by atoms with Crippen LogP contribution in [0.2, 0.25) is 0 Å². The molecule has 0 aliphatic carbocycles. The van der Waals surface area contributed by atoms with Gasteiger partial charge < -0.3 is 15.9 Å². The smallest absolute Gasteiger partial charge is 0.306 e. The summed E-state index contributed by atoms with van der Waals surface area (Å²) in [7, 11) is 0. The molecule has 4 N–H and O–H groups in total. The Morgan fingerprint density at radius 3 is 2.12 bits per heavy atom. The van der Waals surface area contributed by atoms with E-state index in [2.05, 4.69) is 0 Å². The van der Waals surface area contributed by atoms with Crippen molar-refractivity contribution in [2.45, 2.75) is 39.3 Å². The second-order valence-electron chi connectivity index (χ2n) is 3.99. The van der Waals surface area contributed by atoms with Crippen LogP contribution in [0.15, 0.2) is 0 Å². The highest BCUT2D eigenvalue weighted by Crippen LogP contribution is 2.15. The summed E-state index contributed by atoms with van der Waals surface area (Å²) in [5.41, 5.74) is 5.90. The van der Waals surface area contributed by atoms with Crippen molar-refractivity contribution in [1.82, 2.24) is 4.90 Å². The van der Waals surface area contributed by atoms with Gasteiger partial charge in [0, 0.05) is 6.42 Å². The lowest BCUT2D eigenvalue weighted by molar-refractivity contribution is -0.143. The van der Waals surface area contributed by atoms with Gasteiger partial charge in [0.1, 0.15) is 0 Å². The molecular weight excluding hydrogens is 224 g/mol. The third kappa shape index (κ3) is 6.23. The molecular formula is C11H22N2O4. The van der Waals surface area contributed by atoms with E-state index in [-0.39, 0.29) is 25.4 Å². The lowest BCUT2D eigenvalue weighted by Crippen LogP contribution is -2.43. The summed E-state index contributed by atoms with van der Waals surface area (Å²) in [5.74, 6) is -2.65. The fourth-order valence-corrected chi connectivity index (χ4v) is 1.77. The first-order valence-corrected chi connectivity index (χ1v) is 5.86. The maximum Gasteiger partial charge on any atom is 0.306 e. The van der Waals surface area contributed by atoms with Gasteiger partial charge in [0.15, 0.2) is 0 Å². The predicted octanol–water partition coefficient (Wildman–Crippen LogP) is 0.569. The summed E-state index contributed by atoms with van der Waals surface area (Å²) in [5, 5.41) is 17.5. The third-order valence-electron chi connectivity index (χ3n) is 2.86. The van der Waals surface area contributed by atoms with E-state index in [4.69, 9.17) is 15.9 Å². The van der Waals surface area contributed by atoms with Crippen molar-refractivity contribution in [3.63, 3.8) is 0 Å². The quantitative estimate of drug-likeness (QED) is 0.514. The maximum absolute atomic E-state index is 11.0. The molecule has 0 aliphatic heterocycles. The number of carbonyl (C=O) groups is 2. The Kier molecular flexibility index (Phi) is 7.49. The minimum absolute atomic E-state index is 0.125. The summed E-state index contributed by atoms with van der Waals surface area (Å²) in [6, 6.07) is 0. The zero-order chi connectivity index (χ0) is 13.4. The Morgan fingerprint density at radius 2 is 1.76 bits per heavy atom. The van der Waals surface area contributed by atoms with Crippen LogP contribution in [0.3, 0.4) is 0 Å². The van der Waals surface area contributed by atoms with Crippen LogP contribution in [0.25, 0.3) is 0 Å². The Bertz CT molecular complexity index is 254. The molecule has 6 nitrogen and oxygen atoms in total. The molecule has 2 atom stereocenters. The Morgan fingerprint density at radius 1 is 1.24 bits per heavy atom. The monoisotopic (exact) mass is 246 g/mol. The molecule has 6 heteroatoms. The van der Waals surface area contributed by atoms with Gasteiger partial charge >= 0.3 is 11.9 Å². The van der Waals surface area contributed by atoms with Crippen LogP contribution >= 0.6 is 0 Å². The number of aliphatic carboxylic acids is 2. The van der Waals surface area contributed by atoms with Crippen LogP contribution in [0.1, 0.15) is 33.1 Å². The molecule has 0 amide bonds. The third-order valence-corrected chi connectivity index (χ3v) is 2.86. The van der Waals surface area contributed by atoms with Gasteiger partial charge in [-0.25, -0.2) is 0 Å². The number of nitrogens with two attached hydrogens (primary N) is 1. The summed E-state index contributed by atoms with van der Waals surface area (Å²) in [4.78, 5) is 23.4. The Balaban J connectivity index is 4.33. The SMILES string of the molecule is CCN(CC)C(N)CC(CCC(=O)O)C(=O)O. The van der Waals surface area contributed by atoms with E-state index in [1.165, 1.54) is 0 Å². The first-order chi connectivity index (χ1) is 7.92. The van der Waals surface area contributed by atoms with Gasteiger partial charge in [0.25, 0.3) is 0 Å². The van der Waals surface area contributed by atoms with Crippen molar-refractivity contribution in [3.05, 3.63) is 0 Å². The molecule has 0 radical (unpaired) electrons. The van der Waals surface area contributed by atoms with Crippen molar-refractivity contribution in [1.29, 1.82) is 0 Å². The van der Waals surface area contributed by atoms with Crippen molar-refractivity contribution in [2.24, 2.45) is 11.7 Å². The highest BCUT2D eigenvalue weighted by Gasteiger charge is 2.23. The Hall–Kier alpha value is -1.14. The van der Waals surface area contributed by atoms with Gasteiger partial charge in [-0.15, -0.1) is 0 Å². The number of carboxylic acid groups (broad SMARTS) is 2. The topological polar surface area (TPSA) is 104 Å². The molecule has 0 spiro atoms. The number of carboxylic acids is 2. The van der Waals surface area contributed by atoms with Crippen molar-refractivity contribution in [3.8, 4) is 0 Å². The molecule has 0 aromatic rings. The molecule has 0 saturated heterocycles. The predicted molar refractivity (Wildman–Crippen MR) is 63.5 cm³/mol. The molecule has 0 aromatic heterocycles. The molecule has 0 aromatic carbocycles. The molecule has 0 rings (SSSR count). The average molecular weight is 246 g/mol. The number of rotatable bonds is 9. The van der Waals surface area contributed by atoms with E-state index in [1.54, 1.807) is 0 Å². The van der Waals surface area contributed by atoms with Crippen LogP contribution in [-0.2, 0) is 9.59 Å². The number of hydrogen-bond donors (Lipinski definition) is 3. The lowest BCUT2D eigenvalue weighted by atomic mass is 9.97. The summed E-state index contributed by atoms with van der Waals surface area (Å²) in [6.07, 6.45) is -0.0637. The highest BCUT2D eigenvalue weighted by atomic mass is 16.4. The zero-order valence-corrected chi connectivity index (χ0v) is 10.4. The van der Waals surface area contributed by atoms with Gasteiger partial charge in [0.05, 0.1) is 12.1 Å².